The second kappa shape index (κ2) is 5.78. The van der Waals surface area contributed by atoms with Crippen molar-refractivity contribution < 1.29 is 27.2 Å². The zero-order chi connectivity index (χ0) is 19.4. The highest BCUT2D eigenvalue weighted by atomic mass is 19.1. The van der Waals surface area contributed by atoms with E-state index in [9.17, 15) is 18.4 Å². The smallest absolute Gasteiger partial charge is 0.288 e. The van der Waals surface area contributed by atoms with Gasteiger partial charge in [0, 0.05) is 11.6 Å². The van der Waals surface area contributed by atoms with Crippen molar-refractivity contribution in [2.75, 3.05) is 0 Å². The number of fused-ring (bicyclic) bond motifs is 2. The van der Waals surface area contributed by atoms with Crippen LogP contribution in [0.3, 0.4) is 0 Å². The Morgan fingerprint density at radius 1 is 0.786 bits per heavy atom. The Morgan fingerprint density at radius 2 is 1.39 bits per heavy atom. The van der Waals surface area contributed by atoms with Crippen LogP contribution in [0.15, 0.2) is 56.9 Å². The van der Waals surface area contributed by atoms with E-state index >= 15 is 0 Å². The van der Waals surface area contributed by atoms with Crippen molar-refractivity contribution in [1.82, 2.24) is 9.97 Å². The Kier molecular flexibility index (Phi) is 3.35. The summed E-state index contributed by atoms with van der Waals surface area (Å²) < 4.78 is 38.7. The largest absolute Gasteiger partial charge is 0.415 e. The number of aromatic nitrogens is 2. The minimum atomic E-state index is -0.964. The zero-order valence-electron chi connectivity index (χ0n) is 13.9. The average molecular weight is 378 g/mol. The fourth-order valence-corrected chi connectivity index (χ4v) is 3.05. The van der Waals surface area contributed by atoms with Crippen LogP contribution in [-0.4, -0.2) is 21.5 Å². The van der Waals surface area contributed by atoms with Gasteiger partial charge in [0.05, 0.1) is 16.7 Å². The highest BCUT2D eigenvalue weighted by Gasteiger charge is 2.38. The Hall–Kier alpha value is -3.94. The van der Waals surface area contributed by atoms with Crippen molar-refractivity contribution in [3.63, 3.8) is 0 Å². The van der Waals surface area contributed by atoms with Gasteiger partial charge in [-0.05, 0) is 24.3 Å². The van der Waals surface area contributed by atoms with Gasteiger partial charge in [0.25, 0.3) is 11.4 Å². The van der Waals surface area contributed by atoms with Crippen molar-refractivity contribution in [3.05, 3.63) is 76.7 Å². The molecule has 0 unspecified atom stereocenters. The van der Waals surface area contributed by atoms with Gasteiger partial charge in [0.2, 0.25) is 23.3 Å². The van der Waals surface area contributed by atoms with Gasteiger partial charge in [0.15, 0.2) is 0 Å². The standard InChI is InChI=1S/C20H8F2N2O4/c21-11-6-7-12(22)15-14(11)16(25)10(17(15)26)8-13-23-19-20(27-13)24-18(28-19)9-4-2-1-3-5-9/h1-8H. The van der Waals surface area contributed by atoms with Gasteiger partial charge in [-0.1, -0.05) is 18.2 Å². The zero-order valence-corrected chi connectivity index (χ0v) is 13.9. The second-order valence-corrected chi connectivity index (χ2v) is 6.04. The number of carbonyl (C=O) groups is 2. The molecule has 0 bridgehead atoms. The number of ketones is 2. The molecule has 6 nitrogen and oxygen atoms in total. The third kappa shape index (κ3) is 2.31. The average Bonchev–Trinajstić information content (AvgIpc) is 3.32. The number of Topliss-reactive ketones (excluding diaryl/α,β-unsaturated/α-hetero) is 2. The van der Waals surface area contributed by atoms with E-state index in [2.05, 4.69) is 9.97 Å². The minimum absolute atomic E-state index is 0.0680. The molecular weight excluding hydrogens is 370 g/mol. The summed E-state index contributed by atoms with van der Waals surface area (Å²) in [5.41, 5.74) is -0.756. The summed E-state index contributed by atoms with van der Waals surface area (Å²) in [6.45, 7) is 0. The highest BCUT2D eigenvalue weighted by molar-refractivity contribution is 6.41. The highest BCUT2D eigenvalue weighted by Crippen LogP contribution is 2.32. The van der Waals surface area contributed by atoms with E-state index in [1.54, 1.807) is 12.1 Å². The molecule has 0 aliphatic heterocycles. The number of hydrogen-bond acceptors (Lipinski definition) is 6. The first-order chi connectivity index (χ1) is 13.5. The summed E-state index contributed by atoms with van der Waals surface area (Å²) in [4.78, 5) is 32.9. The number of benzene rings is 2. The van der Waals surface area contributed by atoms with Crippen LogP contribution in [0.25, 0.3) is 29.0 Å². The van der Waals surface area contributed by atoms with Crippen molar-refractivity contribution in [1.29, 1.82) is 0 Å². The quantitative estimate of drug-likeness (QED) is 0.383. The number of halogens is 2. The molecule has 5 rings (SSSR count). The monoisotopic (exact) mass is 378 g/mol. The SMILES string of the molecule is O=C1C(=Cc2nc3oc(-c4ccccc4)nc3o2)C(=O)c2c(F)ccc(F)c21. The van der Waals surface area contributed by atoms with E-state index < -0.39 is 39.9 Å². The lowest BCUT2D eigenvalue weighted by atomic mass is 10.1. The Labute approximate surface area is 155 Å². The maximum Gasteiger partial charge on any atom is 0.288 e. The molecule has 0 radical (unpaired) electrons. The second-order valence-electron chi connectivity index (χ2n) is 6.04. The lowest BCUT2D eigenvalue weighted by molar-refractivity contribution is 0.0988. The van der Waals surface area contributed by atoms with Crippen LogP contribution in [0.2, 0.25) is 0 Å². The molecule has 8 heteroatoms. The maximum atomic E-state index is 13.9. The predicted octanol–water partition coefficient (Wildman–Crippen LogP) is 4.22. The van der Waals surface area contributed by atoms with E-state index in [1.807, 2.05) is 18.2 Å². The number of rotatable bonds is 2. The Morgan fingerprint density at radius 3 is 2.00 bits per heavy atom. The molecule has 1 aliphatic carbocycles. The molecule has 0 atom stereocenters. The molecule has 0 saturated carbocycles. The maximum absolute atomic E-state index is 13.9. The van der Waals surface area contributed by atoms with E-state index in [0.29, 0.717) is 5.89 Å². The number of oxazole rings is 2. The van der Waals surface area contributed by atoms with Crippen molar-refractivity contribution in [3.8, 4) is 11.5 Å². The molecule has 0 amide bonds. The number of carbonyl (C=O) groups excluding carboxylic acids is 2. The first-order valence-corrected chi connectivity index (χ1v) is 8.15. The summed E-state index contributed by atoms with van der Waals surface area (Å²) in [5.74, 6) is -3.62. The van der Waals surface area contributed by atoms with Gasteiger partial charge in [-0.2, -0.15) is 9.97 Å². The van der Waals surface area contributed by atoms with Crippen LogP contribution in [0.5, 0.6) is 0 Å². The fourth-order valence-electron chi connectivity index (χ4n) is 3.05. The molecule has 2 aromatic carbocycles. The molecule has 1 aliphatic rings. The third-order valence-corrected chi connectivity index (χ3v) is 4.33. The van der Waals surface area contributed by atoms with Gasteiger partial charge in [-0.15, -0.1) is 0 Å². The summed E-state index contributed by atoms with van der Waals surface area (Å²) in [6.07, 6.45) is 1.03. The molecule has 2 aromatic heterocycles. The van der Waals surface area contributed by atoms with Gasteiger partial charge in [0.1, 0.15) is 11.6 Å². The van der Waals surface area contributed by atoms with Crippen molar-refractivity contribution in [2.24, 2.45) is 0 Å². The molecule has 28 heavy (non-hydrogen) atoms. The number of allylic oxidation sites excluding steroid dienone is 1. The third-order valence-electron chi connectivity index (χ3n) is 4.33. The van der Waals surface area contributed by atoms with Crippen LogP contribution < -0.4 is 0 Å². The van der Waals surface area contributed by atoms with Gasteiger partial charge < -0.3 is 8.83 Å². The predicted molar refractivity (Wildman–Crippen MR) is 92.5 cm³/mol. The van der Waals surface area contributed by atoms with E-state index in [4.69, 9.17) is 8.83 Å². The topological polar surface area (TPSA) is 86.2 Å². The van der Waals surface area contributed by atoms with E-state index in [1.165, 1.54) is 0 Å². The van der Waals surface area contributed by atoms with Crippen LogP contribution in [0.1, 0.15) is 26.6 Å². The minimum Gasteiger partial charge on any atom is -0.415 e. The van der Waals surface area contributed by atoms with Crippen LogP contribution in [0, 0.1) is 11.6 Å². The van der Waals surface area contributed by atoms with Gasteiger partial charge in [-0.25, -0.2) is 8.78 Å². The van der Waals surface area contributed by atoms with Crippen molar-refractivity contribution in [2.45, 2.75) is 0 Å². The van der Waals surface area contributed by atoms with Gasteiger partial charge >= 0.3 is 0 Å². The molecule has 2 heterocycles. The molecule has 0 fully saturated rings. The van der Waals surface area contributed by atoms with Crippen LogP contribution >= 0.6 is 0 Å². The van der Waals surface area contributed by atoms with Crippen molar-refractivity contribution >= 4 is 29.1 Å². The van der Waals surface area contributed by atoms with E-state index in [0.717, 1.165) is 23.8 Å². The molecule has 0 spiro atoms. The molecule has 136 valence electrons. The molecule has 0 saturated heterocycles. The number of nitrogens with zero attached hydrogens (tertiary/aromatic N) is 2. The van der Waals surface area contributed by atoms with Crippen LogP contribution in [-0.2, 0) is 0 Å². The molecule has 4 aromatic rings. The molecular formula is C20H8F2N2O4. The Balaban J connectivity index is 1.55. The molecule has 0 N–H and O–H groups in total. The van der Waals surface area contributed by atoms with Gasteiger partial charge in [-0.3, -0.25) is 9.59 Å². The lowest BCUT2D eigenvalue weighted by Crippen LogP contribution is -2.01. The summed E-state index contributed by atoms with van der Waals surface area (Å²) >= 11 is 0. The fraction of sp³-hybridized carbons (Fsp3) is 0. The van der Waals surface area contributed by atoms with Crippen LogP contribution in [0.4, 0.5) is 8.78 Å². The summed E-state index contributed by atoms with van der Waals surface area (Å²) in [7, 11) is 0. The van der Waals surface area contributed by atoms with E-state index in [-0.39, 0.29) is 17.3 Å². The summed E-state index contributed by atoms with van der Waals surface area (Å²) in [5, 5.41) is 0. The summed E-state index contributed by atoms with van der Waals surface area (Å²) in [6, 6.07) is 10.7. The lowest BCUT2D eigenvalue weighted by Gasteiger charge is -1.97. The number of hydrogen-bond donors (Lipinski definition) is 0. The first-order valence-electron chi connectivity index (χ1n) is 8.15. The first kappa shape index (κ1) is 16.2. The normalized spacial score (nSPS) is 13.4. The Bertz CT molecular complexity index is 1240.